The zero-order valence-corrected chi connectivity index (χ0v) is 8.39. The van der Waals surface area contributed by atoms with Crippen molar-refractivity contribution in [3.63, 3.8) is 0 Å². The van der Waals surface area contributed by atoms with Gasteiger partial charge in [0.05, 0.1) is 18.1 Å². The molecule has 0 aromatic heterocycles. The Morgan fingerprint density at radius 2 is 2.31 bits per heavy atom. The van der Waals surface area contributed by atoms with Crippen molar-refractivity contribution in [2.75, 3.05) is 12.4 Å². The molecule has 2 nitrogen and oxygen atoms in total. The third-order valence-electron chi connectivity index (χ3n) is 2.10. The molecule has 1 aliphatic rings. The molecule has 0 amide bonds. The van der Waals surface area contributed by atoms with Crippen LogP contribution in [-0.4, -0.2) is 16.6 Å². The van der Waals surface area contributed by atoms with Crippen molar-refractivity contribution in [1.29, 1.82) is 0 Å². The van der Waals surface area contributed by atoms with E-state index in [1.54, 1.807) is 0 Å². The summed E-state index contributed by atoms with van der Waals surface area (Å²) in [6.07, 6.45) is 0. The molecular formula is C10H12O2S. The van der Waals surface area contributed by atoms with Crippen LogP contribution in [0.1, 0.15) is 11.1 Å². The molecule has 1 aliphatic heterocycles. The molecule has 1 heterocycles. The van der Waals surface area contributed by atoms with E-state index < -0.39 is 10.8 Å². The maximum absolute atomic E-state index is 11.4. The summed E-state index contributed by atoms with van der Waals surface area (Å²) in [5.74, 6) is 2.18. The second-order valence-corrected chi connectivity index (χ2v) is 4.82. The van der Waals surface area contributed by atoms with Crippen LogP contribution in [0.3, 0.4) is 0 Å². The summed E-state index contributed by atoms with van der Waals surface area (Å²) in [7, 11) is -0.752. The number of rotatable bonds is 0. The number of hydrogen-bond acceptors (Lipinski definition) is 2. The molecule has 0 aliphatic carbocycles. The van der Waals surface area contributed by atoms with Gasteiger partial charge >= 0.3 is 0 Å². The molecular weight excluding hydrogens is 184 g/mol. The highest BCUT2D eigenvalue weighted by Gasteiger charge is 2.12. The van der Waals surface area contributed by atoms with Gasteiger partial charge in [-0.05, 0) is 13.0 Å². The van der Waals surface area contributed by atoms with Gasteiger partial charge in [-0.3, -0.25) is 4.21 Å². The summed E-state index contributed by atoms with van der Waals surface area (Å²) < 4.78 is 16.9. The number of hydrogen-bond donors (Lipinski definition) is 0. The van der Waals surface area contributed by atoms with Gasteiger partial charge in [-0.2, -0.15) is 0 Å². The van der Waals surface area contributed by atoms with Crippen LogP contribution in [0.25, 0.3) is 0 Å². The van der Waals surface area contributed by atoms with Crippen molar-refractivity contribution in [3.05, 3.63) is 29.3 Å². The Labute approximate surface area is 80.4 Å². The van der Waals surface area contributed by atoms with E-state index in [-0.39, 0.29) is 0 Å². The second kappa shape index (κ2) is 3.50. The summed E-state index contributed by atoms with van der Waals surface area (Å²) in [4.78, 5) is 0. The van der Waals surface area contributed by atoms with Crippen LogP contribution in [0, 0.1) is 6.92 Å². The lowest BCUT2D eigenvalue weighted by molar-refractivity contribution is 0.343. The third-order valence-corrected chi connectivity index (χ3v) is 3.36. The Hall–Kier alpha value is -0.830. The van der Waals surface area contributed by atoms with Crippen molar-refractivity contribution >= 4 is 10.8 Å². The van der Waals surface area contributed by atoms with Crippen LogP contribution >= 0.6 is 0 Å². The molecule has 0 N–H and O–H groups in total. The van der Waals surface area contributed by atoms with Gasteiger partial charge < -0.3 is 4.74 Å². The Balaban J connectivity index is 2.40. The number of aryl methyl sites for hydroxylation is 1. The average Bonchev–Trinajstić information content (AvgIpc) is 2.25. The third kappa shape index (κ3) is 1.91. The fourth-order valence-electron chi connectivity index (χ4n) is 1.45. The van der Waals surface area contributed by atoms with Crippen LogP contribution < -0.4 is 4.74 Å². The van der Waals surface area contributed by atoms with Crippen LogP contribution in [0.4, 0.5) is 0 Å². The minimum Gasteiger partial charge on any atom is -0.492 e. The normalized spacial score (nSPS) is 21.5. The predicted molar refractivity (Wildman–Crippen MR) is 53.4 cm³/mol. The first-order valence-electron chi connectivity index (χ1n) is 4.33. The van der Waals surface area contributed by atoms with Gasteiger partial charge in [-0.1, -0.05) is 17.7 Å². The first-order chi connectivity index (χ1) is 6.25. The van der Waals surface area contributed by atoms with E-state index in [9.17, 15) is 4.21 Å². The summed E-state index contributed by atoms with van der Waals surface area (Å²) in [5.41, 5.74) is 2.28. The molecule has 3 heteroatoms. The average molecular weight is 196 g/mol. The highest BCUT2D eigenvalue weighted by atomic mass is 32.2. The van der Waals surface area contributed by atoms with E-state index in [0.717, 1.165) is 11.3 Å². The molecule has 1 aromatic carbocycles. The molecule has 13 heavy (non-hydrogen) atoms. The fourth-order valence-corrected chi connectivity index (χ4v) is 2.44. The molecule has 0 bridgehead atoms. The summed E-state index contributed by atoms with van der Waals surface area (Å²) >= 11 is 0. The molecule has 0 saturated heterocycles. The standard InChI is InChI=1S/C10H12O2S/c1-8-2-3-10-9(6-8)7-13(11)5-4-12-10/h2-3,6H,4-5,7H2,1H3. The minimum atomic E-state index is -0.752. The van der Waals surface area contributed by atoms with Gasteiger partial charge in [-0.25, -0.2) is 0 Å². The quantitative estimate of drug-likeness (QED) is 0.630. The monoisotopic (exact) mass is 196 g/mol. The SMILES string of the molecule is Cc1ccc2c(c1)CS(=O)CCO2. The van der Waals surface area contributed by atoms with Crippen LogP contribution in [0.15, 0.2) is 18.2 Å². The van der Waals surface area contributed by atoms with Crippen molar-refractivity contribution < 1.29 is 8.95 Å². The minimum absolute atomic E-state index is 0.572. The molecule has 70 valence electrons. The van der Waals surface area contributed by atoms with E-state index in [1.807, 2.05) is 19.1 Å². The van der Waals surface area contributed by atoms with Gasteiger partial charge in [-0.15, -0.1) is 0 Å². The van der Waals surface area contributed by atoms with E-state index in [2.05, 4.69) is 6.07 Å². The highest BCUT2D eigenvalue weighted by Crippen LogP contribution is 2.23. The molecule has 0 radical (unpaired) electrons. The Morgan fingerprint density at radius 1 is 1.46 bits per heavy atom. The maximum atomic E-state index is 11.4. The zero-order valence-electron chi connectivity index (χ0n) is 7.58. The van der Waals surface area contributed by atoms with E-state index >= 15 is 0 Å². The molecule has 1 aromatic rings. The van der Waals surface area contributed by atoms with Gasteiger partial charge in [0.2, 0.25) is 0 Å². The lowest BCUT2D eigenvalue weighted by Crippen LogP contribution is -2.04. The van der Waals surface area contributed by atoms with Gasteiger partial charge in [0.25, 0.3) is 0 Å². The molecule has 2 rings (SSSR count). The second-order valence-electron chi connectivity index (χ2n) is 3.25. The first-order valence-corrected chi connectivity index (χ1v) is 5.82. The van der Waals surface area contributed by atoms with Gasteiger partial charge in [0.15, 0.2) is 0 Å². The van der Waals surface area contributed by atoms with Crippen LogP contribution in [0.2, 0.25) is 0 Å². The van der Waals surface area contributed by atoms with E-state index in [4.69, 9.17) is 4.74 Å². The molecule has 0 spiro atoms. The predicted octanol–water partition coefficient (Wildman–Crippen LogP) is 1.64. The van der Waals surface area contributed by atoms with E-state index in [0.29, 0.717) is 18.1 Å². The summed E-state index contributed by atoms with van der Waals surface area (Å²) in [6.45, 7) is 2.61. The zero-order chi connectivity index (χ0) is 9.26. The van der Waals surface area contributed by atoms with Crippen molar-refractivity contribution in [2.45, 2.75) is 12.7 Å². The lowest BCUT2D eigenvalue weighted by Gasteiger charge is -2.05. The lowest BCUT2D eigenvalue weighted by atomic mass is 10.1. The highest BCUT2D eigenvalue weighted by molar-refractivity contribution is 7.84. The van der Waals surface area contributed by atoms with Crippen molar-refractivity contribution in [2.24, 2.45) is 0 Å². The Morgan fingerprint density at radius 3 is 3.15 bits per heavy atom. The summed E-state index contributed by atoms with van der Waals surface area (Å²) in [6, 6.07) is 6.04. The smallest absolute Gasteiger partial charge is 0.123 e. The topological polar surface area (TPSA) is 26.3 Å². The van der Waals surface area contributed by atoms with Crippen LogP contribution in [0.5, 0.6) is 5.75 Å². The molecule has 1 unspecified atom stereocenters. The van der Waals surface area contributed by atoms with Crippen LogP contribution in [-0.2, 0) is 16.6 Å². The number of fused-ring (bicyclic) bond motifs is 1. The fraction of sp³-hybridized carbons (Fsp3) is 0.400. The summed E-state index contributed by atoms with van der Waals surface area (Å²) in [5, 5.41) is 0. The molecule has 0 saturated carbocycles. The Kier molecular flexibility index (Phi) is 2.36. The van der Waals surface area contributed by atoms with Crippen molar-refractivity contribution in [3.8, 4) is 5.75 Å². The van der Waals surface area contributed by atoms with Gasteiger partial charge in [0, 0.05) is 16.4 Å². The van der Waals surface area contributed by atoms with Crippen molar-refractivity contribution in [1.82, 2.24) is 0 Å². The Bertz CT molecular complexity index is 347. The number of benzene rings is 1. The maximum Gasteiger partial charge on any atom is 0.123 e. The first kappa shape index (κ1) is 8.75. The van der Waals surface area contributed by atoms with E-state index in [1.165, 1.54) is 5.56 Å². The molecule has 0 fully saturated rings. The molecule has 1 atom stereocenters. The number of ether oxygens (including phenoxy) is 1. The largest absolute Gasteiger partial charge is 0.492 e. The van der Waals surface area contributed by atoms with Gasteiger partial charge in [0.1, 0.15) is 5.75 Å².